The molecule has 0 fully saturated rings. The van der Waals surface area contributed by atoms with Gasteiger partial charge in [-0.3, -0.25) is 15.6 Å². The normalized spacial score (nSPS) is 10.8. The number of hydrazine groups is 1. The third-order valence-corrected chi connectivity index (χ3v) is 4.10. The smallest absolute Gasteiger partial charge is 0.258 e. The quantitative estimate of drug-likeness (QED) is 0.560. The molecule has 24 heavy (non-hydrogen) atoms. The van der Waals surface area contributed by atoms with Gasteiger partial charge >= 0.3 is 0 Å². The number of carbonyl (C=O) groups is 1. The van der Waals surface area contributed by atoms with Gasteiger partial charge in [0.1, 0.15) is 6.54 Å². The van der Waals surface area contributed by atoms with Crippen LogP contribution in [0, 0.1) is 0 Å². The highest BCUT2D eigenvalue weighted by molar-refractivity contribution is 6.08. The number of amides is 1. The van der Waals surface area contributed by atoms with E-state index in [9.17, 15) is 4.79 Å². The monoisotopic (exact) mass is 315 g/mol. The lowest BCUT2D eigenvalue weighted by Gasteiger charge is -2.10. The van der Waals surface area contributed by atoms with Crippen molar-refractivity contribution in [3.8, 4) is 0 Å². The predicted octanol–water partition coefficient (Wildman–Crippen LogP) is 3.94. The average Bonchev–Trinajstić information content (AvgIpc) is 2.95. The van der Waals surface area contributed by atoms with Crippen LogP contribution >= 0.6 is 0 Å². The highest BCUT2D eigenvalue weighted by Crippen LogP contribution is 2.28. The maximum Gasteiger partial charge on any atom is 0.258 e. The molecular weight excluding hydrogens is 298 g/mol. The summed E-state index contributed by atoms with van der Waals surface area (Å²) in [4.78, 5) is 12.4. The number of benzene rings is 3. The minimum atomic E-state index is -0.0923. The van der Waals surface area contributed by atoms with Gasteiger partial charge < -0.3 is 4.57 Å². The lowest BCUT2D eigenvalue weighted by Crippen LogP contribution is -2.32. The van der Waals surface area contributed by atoms with E-state index in [4.69, 9.17) is 0 Å². The molecule has 0 bridgehead atoms. The van der Waals surface area contributed by atoms with Crippen LogP contribution in [0.1, 0.15) is 0 Å². The molecule has 3 aromatic carbocycles. The minimum Gasteiger partial charge on any atom is -0.331 e. The number of anilines is 1. The zero-order valence-corrected chi connectivity index (χ0v) is 13.1. The second-order valence-corrected chi connectivity index (χ2v) is 5.66. The highest BCUT2D eigenvalue weighted by atomic mass is 16.2. The van der Waals surface area contributed by atoms with E-state index in [2.05, 4.69) is 23.0 Å². The molecule has 0 aliphatic carbocycles. The van der Waals surface area contributed by atoms with Crippen molar-refractivity contribution in [1.29, 1.82) is 0 Å². The van der Waals surface area contributed by atoms with Crippen LogP contribution in [-0.2, 0) is 11.3 Å². The van der Waals surface area contributed by atoms with Crippen molar-refractivity contribution in [3.05, 3.63) is 78.9 Å². The van der Waals surface area contributed by atoms with E-state index in [1.54, 1.807) is 0 Å². The highest BCUT2D eigenvalue weighted by Gasteiger charge is 2.12. The lowest BCUT2D eigenvalue weighted by atomic mass is 10.2. The Balaban J connectivity index is 1.62. The maximum absolute atomic E-state index is 12.4. The van der Waals surface area contributed by atoms with E-state index in [1.165, 1.54) is 0 Å². The summed E-state index contributed by atoms with van der Waals surface area (Å²) >= 11 is 0. The fraction of sp³-hybridized carbons (Fsp3) is 0.0500. The second kappa shape index (κ2) is 6.08. The van der Waals surface area contributed by atoms with E-state index in [-0.39, 0.29) is 12.5 Å². The molecule has 0 saturated heterocycles. The molecule has 4 heteroatoms. The third-order valence-electron chi connectivity index (χ3n) is 4.10. The first-order chi connectivity index (χ1) is 11.8. The topological polar surface area (TPSA) is 46.1 Å². The number of hydrogen-bond donors (Lipinski definition) is 2. The van der Waals surface area contributed by atoms with Gasteiger partial charge in [0.15, 0.2) is 0 Å². The summed E-state index contributed by atoms with van der Waals surface area (Å²) in [6.07, 6.45) is 0. The summed E-state index contributed by atoms with van der Waals surface area (Å²) in [5, 5.41) is 2.33. The fourth-order valence-electron chi connectivity index (χ4n) is 3.02. The van der Waals surface area contributed by atoms with Gasteiger partial charge in [-0.25, -0.2) is 0 Å². The van der Waals surface area contributed by atoms with E-state index in [0.29, 0.717) is 0 Å². The summed E-state index contributed by atoms with van der Waals surface area (Å²) in [5.41, 5.74) is 8.68. The zero-order valence-electron chi connectivity index (χ0n) is 13.1. The summed E-state index contributed by atoms with van der Waals surface area (Å²) in [5.74, 6) is -0.0923. The van der Waals surface area contributed by atoms with Crippen LogP contribution in [-0.4, -0.2) is 10.5 Å². The Morgan fingerprint density at radius 2 is 1.29 bits per heavy atom. The number of carbonyl (C=O) groups excluding carboxylic acids is 1. The van der Waals surface area contributed by atoms with Crippen molar-refractivity contribution >= 4 is 33.4 Å². The first kappa shape index (κ1) is 14.3. The van der Waals surface area contributed by atoms with E-state index in [0.717, 1.165) is 27.5 Å². The Kier molecular flexibility index (Phi) is 3.63. The molecule has 4 aromatic rings. The number of fused-ring (bicyclic) bond motifs is 3. The van der Waals surface area contributed by atoms with Gasteiger partial charge in [-0.15, -0.1) is 0 Å². The Morgan fingerprint density at radius 3 is 1.92 bits per heavy atom. The van der Waals surface area contributed by atoms with E-state index >= 15 is 0 Å². The van der Waals surface area contributed by atoms with Crippen molar-refractivity contribution in [2.24, 2.45) is 0 Å². The van der Waals surface area contributed by atoms with Crippen LogP contribution < -0.4 is 10.9 Å². The largest absolute Gasteiger partial charge is 0.331 e. The van der Waals surface area contributed by atoms with Gasteiger partial charge in [-0.2, -0.15) is 0 Å². The standard InChI is InChI=1S/C20H17N3O/c24-20(22-21-15-8-2-1-3-9-15)14-23-18-12-6-4-10-16(18)17-11-5-7-13-19(17)23/h1-13,21H,14H2,(H,22,24). The fourth-order valence-corrected chi connectivity index (χ4v) is 3.02. The van der Waals surface area contributed by atoms with Crippen molar-refractivity contribution in [3.63, 3.8) is 0 Å². The molecule has 0 unspecified atom stereocenters. The molecule has 0 saturated carbocycles. The molecule has 1 amide bonds. The number of nitrogens with one attached hydrogen (secondary N) is 2. The first-order valence-electron chi connectivity index (χ1n) is 7.89. The van der Waals surface area contributed by atoms with Crippen molar-refractivity contribution in [1.82, 2.24) is 9.99 Å². The van der Waals surface area contributed by atoms with Gasteiger partial charge in [0.2, 0.25) is 0 Å². The van der Waals surface area contributed by atoms with E-state index < -0.39 is 0 Å². The zero-order chi connectivity index (χ0) is 16.4. The number of para-hydroxylation sites is 3. The van der Waals surface area contributed by atoms with Crippen LogP contribution in [0.25, 0.3) is 21.8 Å². The van der Waals surface area contributed by atoms with Gasteiger partial charge in [0.25, 0.3) is 5.91 Å². The van der Waals surface area contributed by atoms with Crippen LogP contribution in [0.2, 0.25) is 0 Å². The molecule has 118 valence electrons. The Labute approximate surface area is 139 Å². The maximum atomic E-state index is 12.4. The summed E-state index contributed by atoms with van der Waals surface area (Å²) in [7, 11) is 0. The molecular formula is C20H17N3O. The molecule has 0 spiro atoms. The molecule has 4 rings (SSSR count). The molecule has 2 N–H and O–H groups in total. The molecule has 1 aromatic heterocycles. The van der Waals surface area contributed by atoms with Gasteiger partial charge in [-0.1, -0.05) is 54.6 Å². The summed E-state index contributed by atoms with van der Waals surface area (Å²) in [6.45, 7) is 0.258. The second-order valence-electron chi connectivity index (χ2n) is 5.66. The van der Waals surface area contributed by atoms with Crippen LogP contribution in [0.3, 0.4) is 0 Å². The van der Waals surface area contributed by atoms with Crippen molar-refractivity contribution in [2.75, 3.05) is 5.43 Å². The lowest BCUT2D eigenvalue weighted by molar-refractivity contribution is -0.121. The van der Waals surface area contributed by atoms with Crippen LogP contribution in [0.4, 0.5) is 5.69 Å². The first-order valence-corrected chi connectivity index (χ1v) is 7.89. The predicted molar refractivity (Wildman–Crippen MR) is 97.7 cm³/mol. The Hall–Kier alpha value is -3.27. The molecule has 0 radical (unpaired) electrons. The molecule has 1 heterocycles. The average molecular weight is 315 g/mol. The Bertz CT molecular complexity index is 952. The molecule has 4 nitrogen and oxygen atoms in total. The van der Waals surface area contributed by atoms with Gasteiger partial charge in [-0.05, 0) is 24.3 Å². The summed E-state index contributed by atoms with van der Waals surface area (Å²) in [6, 6.07) is 25.9. The number of hydrogen-bond acceptors (Lipinski definition) is 2. The molecule has 0 aliphatic heterocycles. The number of aromatic nitrogens is 1. The SMILES string of the molecule is O=C(Cn1c2ccccc2c2ccccc21)NNc1ccccc1. The molecule has 0 aliphatic rings. The van der Waals surface area contributed by atoms with E-state index in [1.807, 2.05) is 71.3 Å². The minimum absolute atomic E-state index is 0.0923. The summed E-state index contributed by atoms with van der Waals surface area (Å²) < 4.78 is 2.05. The van der Waals surface area contributed by atoms with Gasteiger partial charge in [0, 0.05) is 21.8 Å². The number of nitrogens with zero attached hydrogens (tertiary/aromatic N) is 1. The molecule has 0 atom stereocenters. The number of rotatable bonds is 4. The van der Waals surface area contributed by atoms with Crippen molar-refractivity contribution < 1.29 is 4.79 Å². The Morgan fingerprint density at radius 1 is 0.750 bits per heavy atom. The third kappa shape index (κ3) is 2.58. The van der Waals surface area contributed by atoms with Crippen LogP contribution in [0.15, 0.2) is 78.9 Å². The van der Waals surface area contributed by atoms with Crippen molar-refractivity contribution in [2.45, 2.75) is 6.54 Å². The van der Waals surface area contributed by atoms with Crippen LogP contribution in [0.5, 0.6) is 0 Å². The van der Waals surface area contributed by atoms with Gasteiger partial charge in [0.05, 0.1) is 5.69 Å².